The van der Waals surface area contributed by atoms with E-state index in [4.69, 9.17) is 10.5 Å². The van der Waals surface area contributed by atoms with Crippen molar-refractivity contribution in [3.63, 3.8) is 0 Å². The van der Waals surface area contributed by atoms with Crippen LogP contribution in [0.15, 0.2) is 30.3 Å². The maximum atomic E-state index is 6.04. The number of aryl methyl sites for hydroxylation is 2. The van der Waals surface area contributed by atoms with Crippen LogP contribution >= 0.6 is 11.3 Å². The highest BCUT2D eigenvalue weighted by molar-refractivity contribution is 7.18. The number of hydrogen-bond acceptors (Lipinski definition) is 5. The summed E-state index contributed by atoms with van der Waals surface area (Å²) < 4.78 is 5.66. The fourth-order valence-corrected chi connectivity index (χ4v) is 3.11. The van der Waals surface area contributed by atoms with Gasteiger partial charge in [0.15, 0.2) is 5.82 Å². The van der Waals surface area contributed by atoms with Gasteiger partial charge in [-0.15, -0.1) is 11.3 Å². The van der Waals surface area contributed by atoms with Gasteiger partial charge in [0, 0.05) is 4.88 Å². The molecular formula is C15H15N3OS. The van der Waals surface area contributed by atoms with Crippen molar-refractivity contribution in [1.29, 1.82) is 0 Å². The zero-order valence-electron chi connectivity index (χ0n) is 11.4. The molecule has 5 heteroatoms. The lowest BCUT2D eigenvalue weighted by Crippen LogP contribution is -2.04. The van der Waals surface area contributed by atoms with Gasteiger partial charge in [-0.1, -0.05) is 18.2 Å². The maximum absolute atomic E-state index is 6.04. The molecule has 0 atom stereocenters. The Hall–Kier alpha value is -2.14. The third-order valence-electron chi connectivity index (χ3n) is 3.21. The second-order valence-corrected chi connectivity index (χ2v) is 5.79. The van der Waals surface area contributed by atoms with Gasteiger partial charge in [-0.3, -0.25) is 0 Å². The Morgan fingerprint density at radius 1 is 1.15 bits per heavy atom. The van der Waals surface area contributed by atoms with Crippen molar-refractivity contribution < 1.29 is 4.74 Å². The first kappa shape index (κ1) is 12.9. The summed E-state index contributed by atoms with van der Waals surface area (Å²) in [7, 11) is 0. The van der Waals surface area contributed by atoms with Crippen LogP contribution in [0.3, 0.4) is 0 Å². The van der Waals surface area contributed by atoms with Crippen molar-refractivity contribution >= 4 is 27.4 Å². The van der Waals surface area contributed by atoms with Crippen LogP contribution in [0.25, 0.3) is 10.2 Å². The lowest BCUT2D eigenvalue weighted by Gasteiger charge is -2.06. The Balaban J connectivity index is 1.89. The smallest absolute Gasteiger partial charge is 0.169 e. The molecule has 3 aromatic rings. The number of nitrogens with zero attached hydrogens (tertiary/aromatic N) is 2. The second-order valence-electron chi connectivity index (χ2n) is 4.59. The van der Waals surface area contributed by atoms with Gasteiger partial charge in [0.25, 0.3) is 0 Å². The molecule has 2 heterocycles. The number of para-hydroxylation sites is 1. The van der Waals surface area contributed by atoms with E-state index in [1.54, 1.807) is 11.3 Å². The van der Waals surface area contributed by atoms with Gasteiger partial charge < -0.3 is 10.5 Å². The molecule has 0 aliphatic rings. The van der Waals surface area contributed by atoms with Crippen molar-refractivity contribution in [3.8, 4) is 5.75 Å². The SMILES string of the molecule is Cc1sc2nc(COc3ccccc3)nc(N)c2c1C. The van der Waals surface area contributed by atoms with E-state index in [1.807, 2.05) is 37.3 Å². The first-order valence-corrected chi connectivity index (χ1v) is 7.16. The minimum atomic E-state index is 0.320. The third-order valence-corrected chi connectivity index (χ3v) is 4.32. The van der Waals surface area contributed by atoms with E-state index in [2.05, 4.69) is 16.9 Å². The van der Waals surface area contributed by atoms with Gasteiger partial charge in [0.1, 0.15) is 23.0 Å². The number of anilines is 1. The normalized spacial score (nSPS) is 10.9. The Kier molecular flexibility index (Phi) is 3.28. The summed E-state index contributed by atoms with van der Waals surface area (Å²) in [6, 6.07) is 9.62. The molecule has 3 rings (SSSR count). The van der Waals surface area contributed by atoms with Gasteiger partial charge >= 0.3 is 0 Å². The van der Waals surface area contributed by atoms with Crippen LogP contribution in [0.4, 0.5) is 5.82 Å². The summed E-state index contributed by atoms with van der Waals surface area (Å²) in [5.41, 5.74) is 7.20. The van der Waals surface area contributed by atoms with E-state index >= 15 is 0 Å². The Labute approximate surface area is 121 Å². The van der Waals surface area contributed by atoms with Crippen LogP contribution in [0.1, 0.15) is 16.3 Å². The van der Waals surface area contributed by atoms with Crippen molar-refractivity contribution in [1.82, 2.24) is 9.97 Å². The summed E-state index contributed by atoms with van der Waals surface area (Å²) in [5, 5.41) is 0.968. The number of aromatic nitrogens is 2. The molecule has 0 unspecified atom stereocenters. The van der Waals surface area contributed by atoms with E-state index in [0.717, 1.165) is 21.5 Å². The number of thiophene rings is 1. The van der Waals surface area contributed by atoms with E-state index in [1.165, 1.54) is 4.88 Å². The average Bonchev–Trinajstić information content (AvgIpc) is 2.73. The summed E-state index contributed by atoms with van der Waals surface area (Å²) >= 11 is 1.64. The molecule has 0 amide bonds. The number of fused-ring (bicyclic) bond motifs is 1. The molecule has 0 saturated carbocycles. The van der Waals surface area contributed by atoms with Gasteiger partial charge in [-0.05, 0) is 31.5 Å². The lowest BCUT2D eigenvalue weighted by molar-refractivity contribution is 0.296. The van der Waals surface area contributed by atoms with Crippen molar-refractivity contribution in [3.05, 3.63) is 46.6 Å². The number of hydrogen-bond donors (Lipinski definition) is 1. The van der Waals surface area contributed by atoms with Gasteiger partial charge in [-0.25, -0.2) is 9.97 Å². The van der Waals surface area contributed by atoms with Crippen molar-refractivity contribution in [2.45, 2.75) is 20.5 Å². The highest BCUT2D eigenvalue weighted by atomic mass is 32.1. The molecule has 0 aliphatic carbocycles. The lowest BCUT2D eigenvalue weighted by atomic mass is 10.2. The fraction of sp³-hybridized carbons (Fsp3) is 0.200. The highest BCUT2D eigenvalue weighted by Crippen LogP contribution is 2.31. The topological polar surface area (TPSA) is 61.0 Å². The van der Waals surface area contributed by atoms with Gasteiger partial charge in [0.2, 0.25) is 0 Å². The van der Waals surface area contributed by atoms with Crippen LogP contribution in [0, 0.1) is 13.8 Å². The molecule has 2 aromatic heterocycles. The molecule has 2 N–H and O–H groups in total. The molecule has 4 nitrogen and oxygen atoms in total. The Morgan fingerprint density at radius 2 is 1.90 bits per heavy atom. The number of nitrogens with two attached hydrogens (primary N) is 1. The molecule has 20 heavy (non-hydrogen) atoms. The van der Waals surface area contributed by atoms with Gasteiger partial charge in [0.05, 0.1) is 5.39 Å². The van der Waals surface area contributed by atoms with E-state index in [0.29, 0.717) is 18.2 Å². The number of nitrogen functional groups attached to an aromatic ring is 1. The first-order chi connectivity index (χ1) is 9.65. The summed E-state index contributed by atoms with van der Waals surface area (Å²) in [6.45, 7) is 4.44. The molecule has 0 spiro atoms. The van der Waals surface area contributed by atoms with Crippen LogP contribution in [0.5, 0.6) is 5.75 Å². The zero-order chi connectivity index (χ0) is 14.1. The second kappa shape index (κ2) is 5.09. The van der Waals surface area contributed by atoms with Crippen LogP contribution < -0.4 is 10.5 Å². The highest BCUT2D eigenvalue weighted by Gasteiger charge is 2.12. The summed E-state index contributed by atoms with van der Waals surface area (Å²) in [4.78, 5) is 11.0. The molecular weight excluding hydrogens is 270 g/mol. The maximum Gasteiger partial charge on any atom is 0.169 e. The van der Waals surface area contributed by atoms with Crippen LogP contribution in [0.2, 0.25) is 0 Å². The molecule has 0 radical (unpaired) electrons. The number of benzene rings is 1. The zero-order valence-corrected chi connectivity index (χ0v) is 12.2. The fourth-order valence-electron chi connectivity index (χ4n) is 2.06. The average molecular weight is 285 g/mol. The molecule has 0 fully saturated rings. The van der Waals surface area contributed by atoms with Crippen LogP contribution in [-0.4, -0.2) is 9.97 Å². The quantitative estimate of drug-likeness (QED) is 0.800. The molecule has 1 aromatic carbocycles. The van der Waals surface area contributed by atoms with Gasteiger partial charge in [-0.2, -0.15) is 0 Å². The van der Waals surface area contributed by atoms with Crippen LogP contribution in [-0.2, 0) is 6.61 Å². The molecule has 0 aliphatic heterocycles. The summed E-state index contributed by atoms with van der Waals surface area (Å²) in [5.74, 6) is 1.94. The molecule has 102 valence electrons. The van der Waals surface area contributed by atoms with E-state index < -0.39 is 0 Å². The molecule has 0 saturated heterocycles. The predicted octanol–water partition coefficient (Wildman–Crippen LogP) is 3.47. The Bertz CT molecular complexity index is 753. The minimum absolute atomic E-state index is 0.320. The minimum Gasteiger partial charge on any atom is -0.486 e. The van der Waals surface area contributed by atoms with Crippen molar-refractivity contribution in [2.24, 2.45) is 0 Å². The molecule has 0 bridgehead atoms. The largest absolute Gasteiger partial charge is 0.486 e. The third kappa shape index (κ3) is 2.32. The Morgan fingerprint density at radius 3 is 2.65 bits per heavy atom. The summed E-state index contributed by atoms with van der Waals surface area (Å²) in [6.07, 6.45) is 0. The number of rotatable bonds is 3. The number of ether oxygens (including phenoxy) is 1. The monoisotopic (exact) mass is 285 g/mol. The standard InChI is InChI=1S/C15H15N3OS/c1-9-10(2)20-15-13(9)14(16)17-12(18-15)8-19-11-6-4-3-5-7-11/h3-7H,8H2,1-2H3,(H2,16,17,18). The predicted molar refractivity (Wildman–Crippen MR) is 82.1 cm³/mol. The van der Waals surface area contributed by atoms with E-state index in [9.17, 15) is 0 Å². The van der Waals surface area contributed by atoms with E-state index in [-0.39, 0.29) is 0 Å². The first-order valence-electron chi connectivity index (χ1n) is 6.35. The van der Waals surface area contributed by atoms with Crippen molar-refractivity contribution in [2.75, 3.05) is 5.73 Å².